The van der Waals surface area contributed by atoms with Gasteiger partial charge < -0.3 is 4.90 Å². The van der Waals surface area contributed by atoms with Crippen LogP contribution < -0.4 is 0 Å². The lowest BCUT2D eigenvalue weighted by Gasteiger charge is -2.14. The number of aryl methyl sites for hydroxylation is 1. The largest absolute Gasteiger partial charge is 0.300 e. The summed E-state index contributed by atoms with van der Waals surface area (Å²) in [6.07, 6.45) is 2.18. The molecule has 0 aliphatic carbocycles. The molecule has 0 saturated heterocycles. The number of likely N-dealkylation sites (N-methyl/N-ethyl adjacent to an activating group) is 1. The topological polar surface area (TPSA) is 16.1 Å². The van der Waals surface area contributed by atoms with Crippen LogP contribution in [0.15, 0.2) is 22.9 Å². The van der Waals surface area contributed by atoms with Crippen LogP contribution in [0.1, 0.15) is 22.5 Å². The summed E-state index contributed by atoms with van der Waals surface area (Å²) in [5.74, 6) is 0. The normalized spacial score (nSPS) is 11.2. The first kappa shape index (κ1) is 12.7. The number of hydrogen-bond donors (Lipinski definition) is 0. The second kappa shape index (κ2) is 6.28. The summed E-state index contributed by atoms with van der Waals surface area (Å²) in [4.78, 5) is 8.40. The smallest absolute Gasteiger partial charge is 0.0926 e. The lowest BCUT2D eigenvalue weighted by Crippen LogP contribution is -2.20. The Hall–Kier alpha value is -0.710. The minimum atomic E-state index is 0.960. The molecule has 2 rings (SSSR count). The zero-order valence-electron chi connectivity index (χ0n) is 10.3. The monoisotopic (exact) mass is 266 g/mol. The quantitative estimate of drug-likeness (QED) is 0.796. The van der Waals surface area contributed by atoms with Crippen LogP contribution in [0.5, 0.6) is 0 Å². The molecule has 0 aliphatic heterocycles. The number of nitrogens with zero attached hydrogens (tertiary/aromatic N) is 2. The molecule has 0 N–H and O–H groups in total. The number of rotatable bonds is 6. The Labute approximate surface area is 111 Å². The van der Waals surface area contributed by atoms with Crippen molar-refractivity contribution in [1.29, 1.82) is 0 Å². The highest BCUT2D eigenvalue weighted by Gasteiger charge is 2.05. The fraction of sp³-hybridized carbons (Fsp3) is 0.462. The standard InChI is InChI=1S/C13H18N2S2/c1-3-13-14-11(10-17-13)9-15(2)7-6-12-5-4-8-16-12/h4-5,8,10H,3,6-7,9H2,1-2H3. The van der Waals surface area contributed by atoms with Crippen molar-refractivity contribution in [2.45, 2.75) is 26.3 Å². The van der Waals surface area contributed by atoms with Crippen molar-refractivity contribution >= 4 is 22.7 Å². The van der Waals surface area contributed by atoms with E-state index >= 15 is 0 Å². The summed E-state index contributed by atoms with van der Waals surface area (Å²) in [6, 6.07) is 4.32. The van der Waals surface area contributed by atoms with Crippen molar-refractivity contribution in [2.75, 3.05) is 13.6 Å². The van der Waals surface area contributed by atoms with Crippen LogP contribution in [-0.4, -0.2) is 23.5 Å². The van der Waals surface area contributed by atoms with Crippen molar-refractivity contribution in [3.8, 4) is 0 Å². The molecule has 0 aromatic carbocycles. The molecule has 0 atom stereocenters. The molecule has 92 valence electrons. The average Bonchev–Trinajstić information content (AvgIpc) is 2.97. The fourth-order valence-corrected chi connectivity index (χ4v) is 3.13. The van der Waals surface area contributed by atoms with Crippen molar-refractivity contribution in [3.05, 3.63) is 38.5 Å². The SMILES string of the molecule is CCc1nc(CN(C)CCc2cccs2)cs1. The van der Waals surface area contributed by atoms with Crippen LogP contribution in [0, 0.1) is 0 Å². The third-order valence-corrected chi connectivity index (χ3v) is 4.63. The van der Waals surface area contributed by atoms with Gasteiger partial charge in [-0.15, -0.1) is 22.7 Å². The average molecular weight is 266 g/mol. The molecule has 0 saturated carbocycles. The predicted octanol–water partition coefficient (Wildman–Crippen LogP) is 3.44. The van der Waals surface area contributed by atoms with Crippen molar-refractivity contribution in [2.24, 2.45) is 0 Å². The van der Waals surface area contributed by atoms with Crippen LogP contribution >= 0.6 is 22.7 Å². The van der Waals surface area contributed by atoms with Crippen LogP contribution in [0.2, 0.25) is 0 Å². The predicted molar refractivity (Wildman–Crippen MR) is 75.8 cm³/mol. The van der Waals surface area contributed by atoms with E-state index in [1.807, 2.05) is 11.3 Å². The maximum atomic E-state index is 4.59. The minimum absolute atomic E-state index is 0.960. The van der Waals surface area contributed by atoms with E-state index in [0.717, 1.165) is 25.9 Å². The Morgan fingerprint density at radius 1 is 1.35 bits per heavy atom. The molecule has 0 spiro atoms. The second-order valence-electron chi connectivity index (χ2n) is 4.15. The van der Waals surface area contributed by atoms with E-state index in [0.29, 0.717) is 0 Å². The lowest BCUT2D eigenvalue weighted by atomic mass is 10.3. The molecule has 2 aromatic rings. The van der Waals surface area contributed by atoms with Gasteiger partial charge in [0.05, 0.1) is 10.7 Å². The van der Waals surface area contributed by atoms with E-state index in [4.69, 9.17) is 0 Å². The summed E-state index contributed by atoms with van der Waals surface area (Å²) in [6.45, 7) is 4.21. The van der Waals surface area contributed by atoms with Gasteiger partial charge in [0.1, 0.15) is 0 Å². The first-order valence-corrected chi connectivity index (χ1v) is 7.68. The summed E-state index contributed by atoms with van der Waals surface area (Å²) >= 11 is 3.61. The molecule has 4 heteroatoms. The minimum Gasteiger partial charge on any atom is -0.300 e. The first-order valence-electron chi connectivity index (χ1n) is 5.92. The van der Waals surface area contributed by atoms with Crippen LogP contribution in [0.4, 0.5) is 0 Å². The number of thiophene rings is 1. The number of hydrogen-bond acceptors (Lipinski definition) is 4. The molecular weight excluding hydrogens is 248 g/mol. The zero-order chi connectivity index (χ0) is 12.1. The molecule has 2 heterocycles. The maximum Gasteiger partial charge on any atom is 0.0926 e. The molecular formula is C13H18N2S2. The highest BCUT2D eigenvalue weighted by Crippen LogP contribution is 2.13. The highest BCUT2D eigenvalue weighted by molar-refractivity contribution is 7.10. The van der Waals surface area contributed by atoms with Gasteiger partial charge in [-0.1, -0.05) is 13.0 Å². The number of thiazole rings is 1. The number of aromatic nitrogens is 1. The molecule has 0 aliphatic rings. The summed E-state index contributed by atoms with van der Waals surface area (Å²) in [7, 11) is 2.17. The van der Waals surface area contributed by atoms with Gasteiger partial charge in [0.2, 0.25) is 0 Å². The molecule has 0 fully saturated rings. The Kier molecular flexibility index (Phi) is 4.71. The van der Waals surface area contributed by atoms with Gasteiger partial charge in [0, 0.05) is 23.3 Å². The Morgan fingerprint density at radius 2 is 2.24 bits per heavy atom. The molecule has 0 radical (unpaired) electrons. The van der Waals surface area contributed by atoms with Crippen LogP contribution in [0.25, 0.3) is 0 Å². The van der Waals surface area contributed by atoms with Crippen LogP contribution in [0.3, 0.4) is 0 Å². The van der Waals surface area contributed by atoms with E-state index in [2.05, 4.69) is 46.7 Å². The summed E-state index contributed by atoms with van der Waals surface area (Å²) in [5.41, 5.74) is 1.21. The lowest BCUT2D eigenvalue weighted by molar-refractivity contribution is 0.328. The van der Waals surface area contributed by atoms with Crippen molar-refractivity contribution in [1.82, 2.24) is 9.88 Å². The Balaban J connectivity index is 1.78. The van der Waals surface area contributed by atoms with E-state index in [1.165, 1.54) is 15.6 Å². The summed E-state index contributed by atoms with van der Waals surface area (Å²) < 4.78 is 0. The third-order valence-electron chi connectivity index (χ3n) is 2.65. The highest BCUT2D eigenvalue weighted by atomic mass is 32.1. The summed E-state index contributed by atoms with van der Waals surface area (Å²) in [5, 5.41) is 5.57. The molecule has 0 unspecified atom stereocenters. The Bertz CT molecular complexity index is 434. The van der Waals surface area contributed by atoms with E-state index in [1.54, 1.807) is 11.3 Å². The molecule has 17 heavy (non-hydrogen) atoms. The van der Waals surface area contributed by atoms with E-state index in [-0.39, 0.29) is 0 Å². The second-order valence-corrected chi connectivity index (χ2v) is 6.13. The first-order chi connectivity index (χ1) is 8.28. The molecule has 2 nitrogen and oxygen atoms in total. The third kappa shape index (κ3) is 3.91. The van der Waals surface area contributed by atoms with Gasteiger partial charge in [-0.2, -0.15) is 0 Å². The maximum absolute atomic E-state index is 4.59. The Morgan fingerprint density at radius 3 is 2.88 bits per heavy atom. The van der Waals surface area contributed by atoms with Crippen molar-refractivity contribution < 1.29 is 0 Å². The van der Waals surface area contributed by atoms with Gasteiger partial charge in [0.25, 0.3) is 0 Å². The van der Waals surface area contributed by atoms with Gasteiger partial charge in [-0.25, -0.2) is 4.98 Å². The van der Waals surface area contributed by atoms with Gasteiger partial charge in [-0.3, -0.25) is 0 Å². The fourth-order valence-electron chi connectivity index (χ4n) is 1.70. The van der Waals surface area contributed by atoms with Gasteiger partial charge >= 0.3 is 0 Å². The van der Waals surface area contributed by atoms with E-state index in [9.17, 15) is 0 Å². The zero-order valence-corrected chi connectivity index (χ0v) is 12.0. The molecule has 0 amide bonds. The van der Waals surface area contributed by atoms with Gasteiger partial charge in [0.15, 0.2) is 0 Å². The molecule has 0 bridgehead atoms. The van der Waals surface area contributed by atoms with Crippen LogP contribution in [-0.2, 0) is 19.4 Å². The van der Waals surface area contributed by atoms with Crippen molar-refractivity contribution in [3.63, 3.8) is 0 Å². The molecule has 2 aromatic heterocycles. The van der Waals surface area contributed by atoms with Gasteiger partial charge in [-0.05, 0) is 31.3 Å². The van der Waals surface area contributed by atoms with E-state index < -0.39 is 0 Å².